The SMILES string of the molecule is CCCC[Si](C)(C)O[Si](C)(C)O[Si](C)(C)O[Si](C)(C)c1cccc(B(O)O)c1. The van der Waals surface area contributed by atoms with E-state index in [0.717, 1.165) is 11.2 Å². The predicted octanol–water partition coefficient (Wildman–Crippen LogP) is 3.24. The maximum atomic E-state index is 9.48. The third-order valence-corrected chi connectivity index (χ3v) is 19.9. The van der Waals surface area contributed by atoms with Gasteiger partial charge in [0, 0.05) is 0 Å². The van der Waals surface area contributed by atoms with Gasteiger partial charge in [-0.2, -0.15) is 0 Å². The van der Waals surface area contributed by atoms with E-state index in [-0.39, 0.29) is 0 Å². The Morgan fingerprint density at radius 2 is 1.43 bits per heavy atom. The third kappa shape index (κ3) is 8.76. The Balaban J connectivity index is 2.89. The van der Waals surface area contributed by atoms with Crippen molar-refractivity contribution in [2.24, 2.45) is 0 Å². The molecule has 0 saturated carbocycles. The molecule has 0 aliphatic carbocycles. The van der Waals surface area contributed by atoms with Crippen LogP contribution >= 0.6 is 0 Å². The van der Waals surface area contributed by atoms with Crippen molar-refractivity contribution in [3.63, 3.8) is 0 Å². The van der Waals surface area contributed by atoms with E-state index in [2.05, 4.69) is 59.3 Å². The summed E-state index contributed by atoms with van der Waals surface area (Å²) in [7, 11) is -10.2. The van der Waals surface area contributed by atoms with E-state index >= 15 is 0 Å². The van der Waals surface area contributed by atoms with Gasteiger partial charge in [-0.3, -0.25) is 0 Å². The maximum Gasteiger partial charge on any atom is 0.488 e. The van der Waals surface area contributed by atoms with Crippen molar-refractivity contribution in [2.75, 3.05) is 0 Å². The van der Waals surface area contributed by atoms with Gasteiger partial charge in [0.05, 0.1) is 0 Å². The van der Waals surface area contributed by atoms with E-state index in [9.17, 15) is 10.0 Å². The van der Waals surface area contributed by atoms with Gasteiger partial charge in [0.1, 0.15) is 0 Å². The van der Waals surface area contributed by atoms with Crippen molar-refractivity contribution >= 4 is 51.5 Å². The van der Waals surface area contributed by atoms with Gasteiger partial charge in [0.2, 0.25) is 8.32 Å². The van der Waals surface area contributed by atoms with Crippen molar-refractivity contribution in [3.05, 3.63) is 24.3 Å². The predicted molar refractivity (Wildman–Crippen MR) is 129 cm³/mol. The third-order valence-electron chi connectivity index (χ3n) is 4.53. The first-order valence-electron chi connectivity index (χ1n) is 10.2. The summed E-state index contributed by atoms with van der Waals surface area (Å²) < 4.78 is 19.8. The Morgan fingerprint density at radius 3 is 1.96 bits per heavy atom. The largest absolute Gasteiger partial charge is 0.488 e. The van der Waals surface area contributed by atoms with Crippen LogP contribution in [-0.4, -0.2) is 50.9 Å². The number of rotatable bonds is 11. The van der Waals surface area contributed by atoms with Crippen molar-refractivity contribution in [3.8, 4) is 0 Å². The summed E-state index contributed by atoms with van der Waals surface area (Å²) in [5.41, 5.74) is 0.490. The van der Waals surface area contributed by atoms with E-state index < -0.39 is 40.9 Å². The van der Waals surface area contributed by atoms with Crippen molar-refractivity contribution in [1.82, 2.24) is 0 Å². The highest BCUT2D eigenvalue weighted by molar-refractivity contribution is 6.93. The topological polar surface area (TPSA) is 68.2 Å². The van der Waals surface area contributed by atoms with Crippen LogP contribution in [0.4, 0.5) is 0 Å². The summed E-state index contributed by atoms with van der Waals surface area (Å²) in [6.45, 7) is 19.5. The summed E-state index contributed by atoms with van der Waals surface area (Å²) in [6, 6.07) is 8.55. The average Bonchev–Trinajstić information content (AvgIpc) is 2.49. The molecule has 1 aromatic rings. The summed E-state index contributed by atoms with van der Waals surface area (Å²) in [6.07, 6.45) is 2.39. The van der Waals surface area contributed by atoms with E-state index in [1.54, 1.807) is 6.07 Å². The monoisotopic (exact) mass is 458 g/mol. The molecule has 0 unspecified atom stereocenters. The highest BCUT2D eigenvalue weighted by atomic mass is 28.5. The Bertz CT molecular complexity index is 638. The van der Waals surface area contributed by atoms with Gasteiger partial charge < -0.3 is 22.4 Å². The van der Waals surface area contributed by atoms with Crippen LogP contribution in [0.25, 0.3) is 0 Å². The molecule has 0 atom stereocenters. The van der Waals surface area contributed by atoms with Crippen LogP contribution in [0.1, 0.15) is 19.8 Å². The number of unbranched alkanes of at least 4 members (excludes halogenated alkanes) is 1. The van der Waals surface area contributed by atoms with Gasteiger partial charge in [-0.25, -0.2) is 0 Å². The lowest BCUT2D eigenvalue weighted by molar-refractivity contribution is 0.330. The number of benzene rings is 1. The lowest BCUT2D eigenvalue weighted by atomic mass is 9.80. The Kier molecular flexibility index (Phi) is 9.13. The average molecular weight is 459 g/mol. The second-order valence-corrected chi connectivity index (χ2v) is 25.1. The molecule has 2 N–H and O–H groups in total. The summed E-state index contributed by atoms with van der Waals surface area (Å²) in [4.78, 5) is 0. The molecule has 5 nitrogen and oxygen atoms in total. The zero-order chi connectivity index (χ0) is 21.8. The molecule has 0 heterocycles. The summed E-state index contributed by atoms with van der Waals surface area (Å²) in [5, 5.41) is 20.0. The fraction of sp³-hybridized carbons (Fsp3) is 0.667. The van der Waals surface area contributed by atoms with Crippen molar-refractivity contribution in [2.45, 2.75) is 78.2 Å². The lowest BCUT2D eigenvalue weighted by Gasteiger charge is -2.41. The van der Waals surface area contributed by atoms with E-state index in [4.69, 9.17) is 12.3 Å². The second kappa shape index (κ2) is 9.84. The standard InChI is InChI=1S/C18H39BO5Si4/c1-10-11-15-25(2,3)22-27(6,7)24-28(8,9)23-26(4,5)18-14-12-13-17(16-18)19(20)21/h12-14,16,20-21H,10-11,15H2,1-9H3. The second-order valence-electron chi connectivity index (χ2n) is 9.48. The van der Waals surface area contributed by atoms with Gasteiger partial charge in [0.25, 0.3) is 0 Å². The van der Waals surface area contributed by atoms with Crippen LogP contribution in [0, 0.1) is 0 Å². The van der Waals surface area contributed by atoms with E-state index in [0.29, 0.717) is 5.46 Å². The molecule has 0 spiro atoms. The van der Waals surface area contributed by atoms with Gasteiger partial charge in [0.15, 0.2) is 8.32 Å². The molecule has 28 heavy (non-hydrogen) atoms. The smallest absolute Gasteiger partial charge is 0.436 e. The maximum absolute atomic E-state index is 9.48. The fourth-order valence-corrected chi connectivity index (χ4v) is 22.9. The minimum absolute atomic E-state index is 0.490. The molecular weight excluding hydrogens is 419 g/mol. The molecule has 1 aromatic carbocycles. The molecular formula is C18H39BO5Si4. The van der Waals surface area contributed by atoms with Crippen molar-refractivity contribution < 1.29 is 22.4 Å². The minimum Gasteiger partial charge on any atom is -0.436 e. The summed E-state index contributed by atoms with van der Waals surface area (Å²) in [5.74, 6) is 0. The van der Waals surface area contributed by atoms with Crippen LogP contribution in [0.3, 0.4) is 0 Å². The quantitative estimate of drug-likeness (QED) is 0.499. The van der Waals surface area contributed by atoms with Crippen LogP contribution in [-0.2, 0) is 12.3 Å². The molecule has 0 saturated heterocycles. The highest BCUT2D eigenvalue weighted by Crippen LogP contribution is 2.26. The van der Waals surface area contributed by atoms with Crippen LogP contribution in [0.15, 0.2) is 24.3 Å². The Morgan fingerprint density at radius 1 is 0.857 bits per heavy atom. The first-order valence-corrected chi connectivity index (χ1v) is 21.8. The number of hydrogen-bond acceptors (Lipinski definition) is 5. The molecule has 0 fully saturated rings. The van der Waals surface area contributed by atoms with Gasteiger partial charge >= 0.3 is 24.2 Å². The van der Waals surface area contributed by atoms with E-state index in [1.807, 2.05) is 18.2 Å². The van der Waals surface area contributed by atoms with Crippen LogP contribution < -0.4 is 10.6 Å². The molecule has 0 amide bonds. The minimum atomic E-state index is -2.44. The zero-order valence-electron chi connectivity index (χ0n) is 19.1. The molecule has 10 heteroatoms. The molecule has 0 radical (unpaired) electrons. The first kappa shape index (κ1) is 26.0. The number of hydrogen-bond donors (Lipinski definition) is 2. The molecule has 1 rings (SSSR count). The van der Waals surface area contributed by atoms with Gasteiger partial charge in [-0.1, -0.05) is 44.0 Å². The molecule has 0 aromatic heterocycles. The highest BCUT2D eigenvalue weighted by Gasteiger charge is 2.43. The first-order chi connectivity index (χ1) is 12.6. The van der Waals surface area contributed by atoms with E-state index in [1.165, 1.54) is 12.8 Å². The molecule has 0 aliphatic rings. The Hall–Kier alpha value is -0.0475. The van der Waals surface area contributed by atoms with Gasteiger partial charge in [-0.05, 0) is 69.1 Å². The fourth-order valence-electron chi connectivity index (χ4n) is 3.70. The molecule has 160 valence electrons. The molecule has 0 aliphatic heterocycles. The summed E-state index contributed by atoms with van der Waals surface area (Å²) >= 11 is 0. The molecule has 0 bridgehead atoms. The normalized spacial score (nSPS) is 13.7. The lowest BCUT2D eigenvalue weighted by Crippen LogP contribution is -2.59. The van der Waals surface area contributed by atoms with Gasteiger partial charge in [-0.15, -0.1) is 0 Å². The van der Waals surface area contributed by atoms with Crippen LogP contribution in [0.5, 0.6) is 0 Å². The zero-order valence-corrected chi connectivity index (χ0v) is 23.1. The van der Waals surface area contributed by atoms with Crippen LogP contribution in [0.2, 0.25) is 58.4 Å². The van der Waals surface area contributed by atoms with Crippen molar-refractivity contribution in [1.29, 1.82) is 0 Å². The Labute approximate surface area is 176 Å².